The van der Waals surface area contributed by atoms with Crippen LogP contribution in [0.25, 0.3) is 0 Å². The topological polar surface area (TPSA) is 48.1 Å². The summed E-state index contributed by atoms with van der Waals surface area (Å²) in [4.78, 5) is 4.12. The maximum atomic E-state index is 5.65. The molecule has 1 heterocycles. The Bertz CT molecular complexity index is 295. The van der Waals surface area contributed by atoms with Gasteiger partial charge in [-0.3, -0.25) is 0 Å². The van der Waals surface area contributed by atoms with E-state index >= 15 is 0 Å². The summed E-state index contributed by atoms with van der Waals surface area (Å²) in [6.45, 7) is 2.03. The summed E-state index contributed by atoms with van der Waals surface area (Å²) in [5.41, 5.74) is 6.83. The number of nitrogens with two attached hydrogens (primary N) is 1. The predicted octanol–water partition coefficient (Wildman–Crippen LogP) is 1.26. The first-order valence-electron chi connectivity index (χ1n) is 4.59. The molecule has 2 N–H and O–H groups in total. The predicted molar refractivity (Wildman–Crippen MR) is 50.6 cm³/mol. The Morgan fingerprint density at radius 1 is 1.54 bits per heavy atom. The molecule has 1 aromatic rings. The summed E-state index contributed by atoms with van der Waals surface area (Å²) in [7, 11) is 0. The molecule has 70 valence electrons. The van der Waals surface area contributed by atoms with Crippen molar-refractivity contribution < 1.29 is 4.74 Å². The van der Waals surface area contributed by atoms with Gasteiger partial charge in [0.25, 0.3) is 0 Å². The number of ether oxygens (including phenoxy) is 1. The summed E-state index contributed by atoms with van der Waals surface area (Å²) < 4.78 is 5.61. The van der Waals surface area contributed by atoms with Gasteiger partial charge < -0.3 is 10.5 Å². The Labute approximate surface area is 77.9 Å². The number of pyridine rings is 1. The third-order valence-electron chi connectivity index (χ3n) is 2.31. The lowest BCUT2D eigenvalue weighted by Gasteiger charge is -2.32. The monoisotopic (exact) mass is 178 g/mol. The van der Waals surface area contributed by atoms with E-state index in [0.717, 1.165) is 18.7 Å². The summed E-state index contributed by atoms with van der Waals surface area (Å²) in [5, 5.41) is 0. The van der Waals surface area contributed by atoms with Crippen LogP contribution in [0.3, 0.4) is 0 Å². The third-order valence-corrected chi connectivity index (χ3v) is 2.31. The number of hydrogen-bond acceptors (Lipinski definition) is 3. The van der Waals surface area contributed by atoms with Crippen molar-refractivity contribution in [2.24, 2.45) is 5.73 Å². The van der Waals surface area contributed by atoms with Gasteiger partial charge in [-0.15, -0.1) is 0 Å². The Balaban J connectivity index is 1.94. The normalized spacial score (nSPS) is 26.6. The molecule has 2 rings (SSSR count). The zero-order chi connectivity index (χ0) is 9.26. The van der Waals surface area contributed by atoms with Gasteiger partial charge in [-0.05, 0) is 31.4 Å². The van der Waals surface area contributed by atoms with Gasteiger partial charge in [-0.1, -0.05) is 0 Å². The van der Waals surface area contributed by atoms with E-state index in [-0.39, 0.29) is 6.10 Å². The van der Waals surface area contributed by atoms with Crippen molar-refractivity contribution in [1.29, 1.82) is 0 Å². The molecular formula is C10H14N2O. The zero-order valence-electron chi connectivity index (χ0n) is 7.73. The van der Waals surface area contributed by atoms with Crippen LogP contribution in [0.1, 0.15) is 18.4 Å². The molecule has 3 nitrogen and oxygen atoms in total. The van der Waals surface area contributed by atoms with E-state index in [9.17, 15) is 0 Å². The van der Waals surface area contributed by atoms with Crippen LogP contribution in [0.5, 0.6) is 5.88 Å². The van der Waals surface area contributed by atoms with Crippen molar-refractivity contribution in [3.05, 3.63) is 23.9 Å². The highest BCUT2D eigenvalue weighted by atomic mass is 16.5. The van der Waals surface area contributed by atoms with Crippen molar-refractivity contribution in [3.8, 4) is 5.88 Å². The molecular weight excluding hydrogens is 164 g/mol. The zero-order valence-corrected chi connectivity index (χ0v) is 7.73. The largest absolute Gasteiger partial charge is 0.474 e. The summed E-state index contributed by atoms with van der Waals surface area (Å²) in [6, 6.07) is 4.23. The van der Waals surface area contributed by atoms with E-state index in [1.165, 1.54) is 5.56 Å². The minimum absolute atomic E-state index is 0.282. The van der Waals surface area contributed by atoms with Gasteiger partial charge in [0, 0.05) is 18.3 Å². The second-order valence-electron chi connectivity index (χ2n) is 3.64. The molecule has 0 atom stereocenters. The highest BCUT2D eigenvalue weighted by Crippen LogP contribution is 2.23. The molecule has 3 heteroatoms. The first-order valence-corrected chi connectivity index (χ1v) is 4.59. The van der Waals surface area contributed by atoms with Crippen LogP contribution in [0.4, 0.5) is 0 Å². The summed E-state index contributed by atoms with van der Waals surface area (Å²) in [5.74, 6) is 0.719. The van der Waals surface area contributed by atoms with Gasteiger partial charge in [0.15, 0.2) is 0 Å². The standard InChI is InChI=1S/C10H14N2O/c1-7-2-3-12-10(4-7)13-9-5-8(11)6-9/h2-4,8-9H,5-6,11H2,1H3. The molecule has 1 fully saturated rings. The molecule has 0 amide bonds. The van der Waals surface area contributed by atoms with Crippen molar-refractivity contribution in [2.45, 2.75) is 31.9 Å². The van der Waals surface area contributed by atoms with Crippen LogP contribution < -0.4 is 10.5 Å². The summed E-state index contributed by atoms with van der Waals surface area (Å²) in [6.07, 6.45) is 3.96. The highest BCUT2D eigenvalue weighted by molar-refractivity contribution is 5.19. The van der Waals surface area contributed by atoms with Gasteiger partial charge in [-0.25, -0.2) is 4.98 Å². The fourth-order valence-corrected chi connectivity index (χ4v) is 1.45. The summed E-state index contributed by atoms with van der Waals surface area (Å²) >= 11 is 0. The molecule has 13 heavy (non-hydrogen) atoms. The van der Waals surface area contributed by atoms with Gasteiger partial charge in [0.05, 0.1) is 0 Å². The Kier molecular flexibility index (Phi) is 2.19. The smallest absolute Gasteiger partial charge is 0.213 e. The average Bonchev–Trinajstić information content (AvgIpc) is 2.01. The third kappa shape index (κ3) is 1.98. The molecule has 0 spiro atoms. The molecule has 0 saturated heterocycles. The second-order valence-corrected chi connectivity index (χ2v) is 3.64. The van der Waals surface area contributed by atoms with Crippen molar-refractivity contribution in [1.82, 2.24) is 4.98 Å². The van der Waals surface area contributed by atoms with Crippen LogP contribution >= 0.6 is 0 Å². The molecule has 1 saturated carbocycles. The molecule has 0 radical (unpaired) electrons. The lowest BCUT2D eigenvalue weighted by atomic mass is 9.90. The van der Waals surface area contributed by atoms with Crippen LogP contribution in [0, 0.1) is 6.92 Å². The number of aryl methyl sites for hydroxylation is 1. The highest BCUT2D eigenvalue weighted by Gasteiger charge is 2.27. The first kappa shape index (κ1) is 8.51. The van der Waals surface area contributed by atoms with Crippen LogP contribution in [-0.4, -0.2) is 17.1 Å². The van der Waals surface area contributed by atoms with E-state index in [2.05, 4.69) is 4.98 Å². The minimum atomic E-state index is 0.282. The van der Waals surface area contributed by atoms with Crippen molar-refractivity contribution in [2.75, 3.05) is 0 Å². The Hall–Kier alpha value is -1.09. The van der Waals surface area contributed by atoms with E-state index < -0.39 is 0 Å². The maximum Gasteiger partial charge on any atom is 0.213 e. The molecule has 0 aromatic carbocycles. The first-order chi connectivity index (χ1) is 6.24. The van der Waals surface area contributed by atoms with Gasteiger partial charge >= 0.3 is 0 Å². The number of aromatic nitrogens is 1. The lowest BCUT2D eigenvalue weighted by Crippen LogP contribution is -2.43. The van der Waals surface area contributed by atoms with E-state index in [4.69, 9.17) is 10.5 Å². The van der Waals surface area contributed by atoms with E-state index in [1.54, 1.807) is 6.20 Å². The van der Waals surface area contributed by atoms with Crippen LogP contribution in [0.2, 0.25) is 0 Å². The molecule has 1 aromatic heterocycles. The fourth-order valence-electron chi connectivity index (χ4n) is 1.45. The van der Waals surface area contributed by atoms with Crippen molar-refractivity contribution >= 4 is 0 Å². The van der Waals surface area contributed by atoms with E-state index in [1.807, 2.05) is 19.1 Å². The van der Waals surface area contributed by atoms with Gasteiger partial charge in [0.2, 0.25) is 5.88 Å². The van der Waals surface area contributed by atoms with Crippen LogP contribution in [-0.2, 0) is 0 Å². The minimum Gasteiger partial charge on any atom is -0.474 e. The molecule has 1 aliphatic rings. The maximum absolute atomic E-state index is 5.65. The van der Waals surface area contributed by atoms with Gasteiger partial charge in [0.1, 0.15) is 6.10 Å². The molecule has 1 aliphatic carbocycles. The Morgan fingerprint density at radius 3 is 2.92 bits per heavy atom. The lowest BCUT2D eigenvalue weighted by molar-refractivity contribution is 0.0958. The number of nitrogens with zero attached hydrogens (tertiary/aromatic N) is 1. The number of rotatable bonds is 2. The van der Waals surface area contributed by atoms with Crippen LogP contribution in [0.15, 0.2) is 18.3 Å². The quantitative estimate of drug-likeness (QED) is 0.741. The molecule has 0 bridgehead atoms. The molecule has 0 aliphatic heterocycles. The number of hydrogen-bond donors (Lipinski definition) is 1. The van der Waals surface area contributed by atoms with Gasteiger partial charge in [-0.2, -0.15) is 0 Å². The molecule has 0 unspecified atom stereocenters. The second kappa shape index (κ2) is 3.34. The average molecular weight is 178 g/mol. The fraction of sp³-hybridized carbons (Fsp3) is 0.500. The SMILES string of the molecule is Cc1ccnc(OC2CC(N)C2)c1. The van der Waals surface area contributed by atoms with E-state index in [0.29, 0.717) is 6.04 Å². The van der Waals surface area contributed by atoms with Crippen molar-refractivity contribution in [3.63, 3.8) is 0 Å². The Morgan fingerprint density at radius 2 is 2.31 bits per heavy atom.